The molecule has 2 aliphatic rings. The van der Waals surface area contributed by atoms with E-state index in [1.807, 2.05) is 0 Å². The van der Waals surface area contributed by atoms with Gasteiger partial charge in [0.25, 0.3) is 0 Å². The number of carbonyl (C=O) groups is 4. The molecule has 0 aliphatic carbocycles. The number of rotatable bonds is 4. The van der Waals surface area contributed by atoms with Crippen LogP contribution in [0.2, 0.25) is 0 Å². The van der Waals surface area contributed by atoms with Crippen molar-refractivity contribution in [1.82, 2.24) is 15.1 Å². The summed E-state index contributed by atoms with van der Waals surface area (Å²) >= 11 is 0. The quantitative estimate of drug-likeness (QED) is 0.528. The number of nitrogens with zero attached hydrogens (tertiary/aromatic N) is 2. The maximum Gasteiger partial charge on any atom is 0.245 e. The van der Waals surface area contributed by atoms with Crippen molar-refractivity contribution in [3.63, 3.8) is 0 Å². The summed E-state index contributed by atoms with van der Waals surface area (Å²) in [5, 5.41) is 12.1. The van der Waals surface area contributed by atoms with Gasteiger partial charge in [0.05, 0.1) is 25.5 Å². The van der Waals surface area contributed by atoms with Crippen LogP contribution in [-0.4, -0.2) is 69.4 Å². The van der Waals surface area contributed by atoms with E-state index < -0.39 is 35.5 Å². The Bertz CT molecular complexity index is 533. The predicted octanol–water partition coefficient (Wildman–Crippen LogP) is -2.48. The Balaban J connectivity index is 2.15. The van der Waals surface area contributed by atoms with Crippen molar-refractivity contribution in [2.75, 3.05) is 13.1 Å². The topological polar surface area (TPSA) is 133 Å². The number of nitrogens with two attached hydrogens (primary N) is 1. The van der Waals surface area contributed by atoms with E-state index in [0.717, 1.165) is 0 Å². The van der Waals surface area contributed by atoms with Crippen LogP contribution in [0.15, 0.2) is 0 Å². The number of carbonyl (C=O) groups excluding carboxylic acids is 4. The predicted molar refractivity (Wildman–Crippen MR) is 73.9 cm³/mol. The molecule has 22 heavy (non-hydrogen) atoms. The van der Waals surface area contributed by atoms with E-state index in [-0.39, 0.29) is 31.8 Å². The van der Waals surface area contributed by atoms with Gasteiger partial charge in [-0.05, 0) is 13.8 Å². The Morgan fingerprint density at radius 3 is 2.55 bits per heavy atom. The minimum Gasteiger partial charge on any atom is -0.391 e. The van der Waals surface area contributed by atoms with E-state index in [1.54, 1.807) is 13.8 Å². The van der Waals surface area contributed by atoms with Crippen LogP contribution >= 0.6 is 0 Å². The van der Waals surface area contributed by atoms with Crippen LogP contribution in [0.4, 0.5) is 0 Å². The lowest BCUT2D eigenvalue weighted by atomic mass is 10.1. The number of aliphatic hydroxyl groups is 1. The van der Waals surface area contributed by atoms with Crippen molar-refractivity contribution in [2.24, 2.45) is 5.73 Å². The molecule has 122 valence electrons. The third-order valence-corrected chi connectivity index (χ3v) is 3.83. The normalized spacial score (nSPS) is 27.2. The molecule has 2 heterocycles. The number of aliphatic hydroxyl groups excluding tert-OH is 1. The number of β-amino-alcohol motifs (C(OH)–C–C–N with tert-alkyl or cyclic N) is 1. The number of hydrogen-bond acceptors (Lipinski definition) is 5. The monoisotopic (exact) mass is 312 g/mol. The van der Waals surface area contributed by atoms with E-state index in [4.69, 9.17) is 5.73 Å². The van der Waals surface area contributed by atoms with E-state index in [1.165, 1.54) is 9.80 Å². The van der Waals surface area contributed by atoms with E-state index in [9.17, 15) is 24.3 Å². The minimum atomic E-state index is -0.984. The maximum atomic E-state index is 12.5. The lowest BCUT2D eigenvalue weighted by molar-refractivity contribution is -0.144. The zero-order valence-corrected chi connectivity index (χ0v) is 12.5. The Labute approximate surface area is 127 Å². The number of nitrogens with one attached hydrogen (secondary N) is 1. The lowest BCUT2D eigenvalue weighted by Crippen LogP contribution is -2.54. The van der Waals surface area contributed by atoms with Gasteiger partial charge in [0.1, 0.15) is 11.7 Å². The van der Waals surface area contributed by atoms with Crippen LogP contribution in [0.5, 0.6) is 0 Å². The van der Waals surface area contributed by atoms with E-state index in [0.29, 0.717) is 0 Å². The largest absolute Gasteiger partial charge is 0.391 e. The van der Waals surface area contributed by atoms with Gasteiger partial charge in [-0.3, -0.25) is 19.2 Å². The van der Waals surface area contributed by atoms with Crippen molar-refractivity contribution in [1.29, 1.82) is 0 Å². The fourth-order valence-corrected chi connectivity index (χ4v) is 2.96. The van der Waals surface area contributed by atoms with Crippen LogP contribution in [0.25, 0.3) is 0 Å². The van der Waals surface area contributed by atoms with Crippen LogP contribution in [0, 0.1) is 0 Å². The summed E-state index contributed by atoms with van der Waals surface area (Å²) in [7, 11) is 0. The van der Waals surface area contributed by atoms with Gasteiger partial charge in [0.2, 0.25) is 23.6 Å². The summed E-state index contributed by atoms with van der Waals surface area (Å²) in [5.41, 5.74) is 4.16. The number of hydrogen-bond donors (Lipinski definition) is 3. The molecule has 2 atom stereocenters. The number of amides is 4. The van der Waals surface area contributed by atoms with Crippen molar-refractivity contribution >= 4 is 23.6 Å². The van der Waals surface area contributed by atoms with Gasteiger partial charge in [-0.2, -0.15) is 0 Å². The zero-order valence-electron chi connectivity index (χ0n) is 12.5. The van der Waals surface area contributed by atoms with Crippen molar-refractivity contribution < 1.29 is 24.3 Å². The second kappa shape index (κ2) is 5.56. The molecular formula is C13H20N4O5. The van der Waals surface area contributed by atoms with Crippen LogP contribution in [0.3, 0.4) is 0 Å². The second-order valence-electron chi connectivity index (χ2n) is 6.13. The number of primary amides is 1. The van der Waals surface area contributed by atoms with Crippen molar-refractivity contribution in [3.05, 3.63) is 0 Å². The first-order valence-electron chi connectivity index (χ1n) is 7.00. The summed E-state index contributed by atoms with van der Waals surface area (Å²) in [6, 6.07) is -0.984. The third-order valence-electron chi connectivity index (χ3n) is 3.83. The molecule has 0 aromatic heterocycles. The van der Waals surface area contributed by atoms with Gasteiger partial charge in [0.15, 0.2) is 0 Å². The summed E-state index contributed by atoms with van der Waals surface area (Å²) in [4.78, 5) is 49.7. The molecule has 2 saturated heterocycles. The lowest BCUT2D eigenvalue weighted by Gasteiger charge is -2.34. The Kier molecular flexibility index (Phi) is 4.10. The Morgan fingerprint density at radius 2 is 2.05 bits per heavy atom. The standard InChI is InChI=1S/C13H20N4O5/c1-13(2)15-12(22)8(4-9(14)19)17(13)11(21)6-16-5-7(18)3-10(16)20/h7-8,18H,3-6H2,1-2H3,(H2,14,19)(H,15,22). The van der Waals surface area contributed by atoms with Gasteiger partial charge in [-0.15, -0.1) is 0 Å². The van der Waals surface area contributed by atoms with Crippen LogP contribution in [0.1, 0.15) is 26.7 Å². The molecule has 0 aromatic rings. The number of likely N-dealkylation sites (tertiary alicyclic amines) is 1. The Morgan fingerprint density at radius 1 is 1.41 bits per heavy atom. The van der Waals surface area contributed by atoms with Crippen molar-refractivity contribution in [2.45, 2.75) is 44.5 Å². The van der Waals surface area contributed by atoms with Crippen LogP contribution < -0.4 is 11.1 Å². The fourth-order valence-electron chi connectivity index (χ4n) is 2.96. The average molecular weight is 312 g/mol. The molecule has 0 saturated carbocycles. The van der Waals surface area contributed by atoms with Crippen LogP contribution in [-0.2, 0) is 19.2 Å². The molecular weight excluding hydrogens is 292 g/mol. The van der Waals surface area contributed by atoms with E-state index >= 15 is 0 Å². The molecule has 4 N–H and O–H groups in total. The summed E-state index contributed by atoms with van der Waals surface area (Å²) in [5.74, 6) is -1.94. The maximum absolute atomic E-state index is 12.5. The van der Waals surface area contributed by atoms with Gasteiger partial charge >= 0.3 is 0 Å². The van der Waals surface area contributed by atoms with Gasteiger partial charge in [-0.1, -0.05) is 0 Å². The highest BCUT2D eigenvalue weighted by Crippen LogP contribution is 2.25. The molecule has 9 heteroatoms. The fraction of sp³-hybridized carbons (Fsp3) is 0.692. The molecule has 2 aliphatic heterocycles. The molecule has 0 bridgehead atoms. The molecule has 4 amide bonds. The highest BCUT2D eigenvalue weighted by atomic mass is 16.3. The van der Waals surface area contributed by atoms with E-state index in [2.05, 4.69) is 5.32 Å². The molecule has 0 spiro atoms. The first-order valence-corrected chi connectivity index (χ1v) is 7.00. The van der Waals surface area contributed by atoms with Gasteiger partial charge < -0.3 is 26.0 Å². The first kappa shape index (κ1) is 16.2. The SMILES string of the molecule is CC1(C)NC(=O)C(CC(N)=O)N1C(=O)CN1CC(O)CC1=O. The highest BCUT2D eigenvalue weighted by Gasteiger charge is 2.48. The van der Waals surface area contributed by atoms with Gasteiger partial charge in [0, 0.05) is 6.54 Å². The summed E-state index contributed by atoms with van der Waals surface area (Å²) < 4.78 is 0. The summed E-state index contributed by atoms with van der Waals surface area (Å²) in [6.07, 6.45) is -1.08. The smallest absolute Gasteiger partial charge is 0.245 e. The summed E-state index contributed by atoms with van der Waals surface area (Å²) in [6.45, 7) is 3.10. The molecule has 0 aromatic carbocycles. The molecule has 2 fully saturated rings. The molecule has 9 nitrogen and oxygen atoms in total. The highest BCUT2D eigenvalue weighted by molar-refractivity contribution is 5.96. The first-order chi connectivity index (χ1) is 10.1. The van der Waals surface area contributed by atoms with Gasteiger partial charge in [-0.25, -0.2) is 0 Å². The average Bonchev–Trinajstić information content (AvgIpc) is 2.75. The van der Waals surface area contributed by atoms with Crippen molar-refractivity contribution in [3.8, 4) is 0 Å². The second-order valence-corrected chi connectivity index (χ2v) is 6.13. The molecule has 0 radical (unpaired) electrons. The third kappa shape index (κ3) is 3.03. The zero-order chi connectivity index (χ0) is 16.7. The Hall–Kier alpha value is -2.16. The molecule has 2 unspecified atom stereocenters. The minimum absolute atomic E-state index is 0.0153. The molecule has 2 rings (SSSR count).